The van der Waals surface area contributed by atoms with Crippen molar-refractivity contribution in [1.29, 1.82) is 5.26 Å². The fourth-order valence-corrected chi connectivity index (χ4v) is 5.71. The van der Waals surface area contributed by atoms with Crippen molar-refractivity contribution in [1.82, 2.24) is 20.1 Å². The fourth-order valence-electron chi connectivity index (χ4n) is 5.71. The van der Waals surface area contributed by atoms with Crippen LogP contribution in [-0.2, 0) is 19.2 Å². The summed E-state index contributed by atoms with van der Waals surface area (Å²) >= 11 is 0. The number of nitrogens with one attached hydrogen (secondary N) is 2. The van der Waals surface area contributed by atoms with E-state index in [2.05, 4.69) is 10.3 Å². The number of likely N-dealkylation sites (tertiary alicyclic amines) is 1. The summed E-state index contributed by atoms with van der Waals surface area (Å²) in [5.74, 6) is -9.09. The molecule has 3 fully saturated rings. The molecular formula is C26H27F5N6O5. The van der Waals surface area contributed by atoms with Crippen molar-refractivity contribution in [3.63, 3.8) is 0 Å². The number of nitriles is 1. The summed E-state index contributed by atoms with van der Waals surface area (Å²) in [5.41, 5.74) is -1.64. The second kappa shape index (κ2) is 10.4. The number of carbonyl (C=O) groups excluding carboxylic acids is 4. The van der Waals surface area contributed by atoms with E-state index in [0.717, 1.165) is 29.7 Å². The Kier molecular flexibility index (Phi) is 7.26. The maximum Gasteiger partial charge on any atom is 0.471 e. The third kappa shape index (κ3) is 5.56. The topological polar surface area (TPSA) is 145 Å². The minimum atomic E-state index is -5.37. The van der Waals surface area contributed by atoms with E-state index < -0.39 is 78.2 Å². The highest BCUT2D eigenvalue weighted by Gasteiger charge is 2.58. The molecule has 3 heterocycles. The van der Waals surface area contributed by atoms with Gasteiger partial charge in [0.05, 0.1) is 12.6 Å². The zero-order valence-electron chi connectivity index (χ0n) is 22.3. The third-order valence-corrected chi connectivity index (χ3v) is 8.24. The Morgan fingerprint density at radius 3 is 2.57 bits per heavy atom. The number of likely N-dealkylation sites (N-methyl/N-ethyl adjacent to an activating group) is 1. The van der Waals surface area contributed by atoms with E-state index in [1.807, 2.05) is 6.07 Å². The van der Waals surface area contributed by atoms with E-state index >= 15 is 0 Å². The number of aromatic nitrogens is 1. The number of rotatable bonds is 7. The van der Waals surface area contributed by atoms with E-state index in [1.165, 1.54) is 6.20 Å². The van der Waals surface area contributed by atoms with Crippen LogP contribution in [0.25, 0.3) is 0 Å². The highest BCUT2D eigenvalue weighted by atomic mass is 19.4. The number of hydrogen-bond acceptors (Lipinski definition) is 7. The predicted molar refractivity (Wildman–Crippen MR) is 132 cm³/mol. The van der Waals surface area contributed by atoms with Gasteiger partial charge in [0.2, 0.25) is 23.3 Å². The van der Waals surface area contributed by atoms with Gasteiger partial charge in [-0.05, 0) is 30.4 Å². The van der Waals surface area contributed by atoms with E-state index in [4.69, 9.17) is 4.74 Å². The molecule has 0 unspecified atom stereocenters. The Hall–Kier alpha value is -4.03. The molecule has 0 aromatic carbocycles. The van der Waals surface area contributed by atoms with Crippen molar-refractivity contribution < 1.29 is 45.9 Å². The van der Waals surface area contributed by atoms with Crippen LogP contribution in [0.5, 0.6) is 5.75 Å². The first-order valence-corrected chi connectivity index (χ1v) is 13.3. The number of pyridine rings is 1. The van der Waals surface area contributed by atoms with Gasteiger partial charge in [0.25, 0.3) is 5.91 Å². The Morgan fingerprint density at radius 1 is 1.29 bits per heavy atom. The number of alkyl halides is 5. The summed E-state index contributed by atoms with van der Waals surface area (Å²) in [6, 6.07) is 0.688. The number of carbonyl (C=O) groups is 4. The quantitative estimate of drug-likeness (QED) is 0.457. The summed E-state index contributed by atoms with van der Waals surface area (Å²) in [6.45, 7) is -0.365. The molecule has 11 nitrogen and oxygen atoms in total. The maximum atomic E-state index is 14.0. The van der Waals surface area contributed by atoms with Crippen molar-refractivity contribution in [2.45, 2.75) is 74.4 Å². The van der Waals surface area contributed by atoms with Crippen molar-refractivity contribution in [3.8, 4) is 11.8 Å². The largest absolute Gasteiger partial charge is 0.472 e. The van der Waals surface area contributed by atoms with Crippen LogP contribution in [-0.4, -0.2) is 87.8 Å². The van der Waals surface area contributed by atoms with E-state index in [9.17, 15) is 46.4 Å². The summed E-state index contributed by atoms with van der Waals surface area (Å²) in [4.78, 5) is 58.2. The molecule has 2 aliphatic heterocycles. The molecule has 4 aliphatic rings. The van der Waals surface area contributed by atoms with Crippen LogP contribution in [0.15, 0.2) is 18.3 Å². The maximum absolute atomic E-state index is 14.0. The second-order valence-corrected chi connectivity index (χ2v) is 11.3. The molecular weight excluding hydrogens is 571 g/mol. The minimum Gasteiger partial charge on any atom is -0.472 e. The van der Waals surface area contributed by atoms with Crippen LogP contribution in [0.1, 0.15) is 38.5 Å². The molecule has 2 aliphatic carbocycles. The fraction of sp³-hybridized carbons (Fsp3) is 0.615. The van der Waals surface area contributed by atoms with Gasteiger partial charge in [-0.25, -0.2) is 13.8 Å². The van der Waals surface area contributed by atoms with Crippen LogP contribution in [0.4, 0.5) is 27.8 Å². The summed E-state index contributed by atoms with van der Waals surface area (Å²) in [7, 11) is 1.15. The highest BCUT2D eigenvalue weighted by molar-refractivity contribution is 6.01. The van der Waals surface area contributed by atoms with Crippen molar-refractivity contribution in [2.24, 2.45) is 11.8 Å². The molecule has 1 aromatic rings. The van der Waals surface area contributed by atoms with Crippen LogP contribution in [0, 0.1) is 23.2 Å². The molecule has 1 aromatic heterocycles. The Balaban J connectivity index is 1.39. The lowest BCUT2D eigenvalue weighted by atomic mass is 9.75. The normalized spacial score (nSPS) is 26.2. The molecule has 4 amide bonds. The number of nitrogens with zero attached hydrogens (tertiary/aromatic N) is 4. The summed E-state index contributed by atoms with van der Waals surface area (Å²) < 4.78 is 72.3. The summed E-state index contributed by atoms with van der Waals surface area (Å²) in [6.07, 6.45) is -4.44. The molecule has 16 heteroatoms. The first kappa shape index (κ1) is 29.5. The molecule has 2 N–H and O–H groups in total. The lowest BCUT2D eigenvalue weighted by Crippen LogP contribution is -2.61. The number of fused-ring (bicyclic) bond motifs is 1. The van der Waals surface area contributed by atoms with Gasteiger partial charge in [-0.3, -0.25) is 19.2 Å². The molecule has 0 bridgehead atoms. The highest BCUT2D eigenvalue weighted by Crippen LogP contribution is 2.45. The van der Waals surface area contributed by atoms with Crippen molar-refractivity contribution in [3.05, 3.63) is 18.3 Å². The molecule has 2 saturated carbocycles. The lowest BCUT2D eigenvalue weighted by Gasteiger charge is -2.42. The van der Waals surface area contributed by atoms with Crippen LogP contribution >= 0.6 is 0 Å². The SMILES string of the molecule is CN(C(=O)[C@@H](NC(=O)C(F)(F)F)C1CC(F)(F)C1)[C@@H](CC1CC1)C(=O)N1C[C@@]2(C[C@H]1C#N)Oc1cccnc1NC2=O. The molecule has 1 spiro atoms. The molecule has 226 valence electrons. The van der Waals surface area contributed by atoms with Gasteiger partial charge in [0.1, 0.15) is 18.1 Å². The summed E-state index contributed by atoms with van der Waals surface area (Å²) in [5, 5.41) is 14.0. The number of hydrogen-bond donors (Lipinski definition) is 2. The zero-order chi connectivity index (χ0) is 30.6. The lowest BCUT2D eigenvalue weighted by molar-refractivity contribution is -0.179. The van der Waals surface area contributed by atoms with Gasteiger partial charge in [0.15, 0.2) is 11.6 Å². The van der Waals surface area contributed by atoms with Gasteiger partial charge >= 0.3 is 12.1 Å². The van der Waals surface area contributed by atoms with Gasteiger partial charge < -0.3 is 25.2 Å². The average molecular weight is 599 g/mol. The van der Waals surface area contributed by atoms with E-state index in [-0.39, 0.29) is 36.9 Å². The monoisotopic (exact) mass is 598 g/mol. The second-order valence-electron chi connectivity index (χ2n) is 11.3. The molecule has 0 radical (unpaired) electrons. The number of amides is 4. The van der Waals surface area contributed by atoms with Crippen molar-refractivity contribution in [2.75, 3.05) is 18.9 Å². The number of anilines is 1. The zero-order valence-corrected chi connectivity index (χ0v) is 22.3. The molecule has 5 rings (SSSR count). The Morgan fingerprint density at radius 2 is 1.98 bits per heavy atom. The van der Waals surface area contributed by atoms with Crippen molar-refractivity contribution >= 4 is 29.4 Å². The number of halogens is 5. The first-order valence-electron chi connectivity index (χ1n) is 13.3. The first-order chi connectivity index (χ1) is 19.6. The van der Waals surface area contributed by atoms with Gasteiger partial charge in [-0.15, -0.1) is 0 Å². The Bertz CT molecular complexity index is 1340. The molecule has 4 atom stereocenters. The predicted octanol–water partition coefficient (Wildman–Crippen LogP) is 2.00. The van der Waals surface area contributed by atoms with Crippen LogP contribution < -0.4 is 15.4 Å². The van der Waals surface area contributed by atoms with E-state index in [0.29, 0.717) is 0 Å². The van der Waals surface area contributed by atoms with Gasteiger partial charge in [0, 0.05) is 32.5 Å². The van der Waals surface area contributed by atoms with Gasteiger partial charge in [-0.1, -0.05) is 12.8 Å². The smallest absolute Gasteiger partial charge is 0.471 e. The van der Waals surface area contributed by atoms with Gasteiger partial charge in [-0.2, -0.15) is 18.4 Å². The third-order valence-electron chi connectivity index (χ3n) is 8.24. The van der Waals surface area contributed by atoms with Crippen LogP contribution in [0.3, 0.4) is 0 Å². The minimum absolute atomic E-state index is 0.00488. The Labute approximate surface area is 236 Å². The molecule has 1 saturated heterocycles. The van der Waals surface area contributed by atoms with E-state index in [1.54, 1.807) is 17.4 Å². The van der Waals surface area contributed by atoms with Crippen LogP contribution in [0.2, 0.25) is 0 Å². The number of ether oxygens (including phenoxy) is 1. The average Bonchev–Trinajstić information content (AvgIpc) is 3.66. The standard InChI is InChI=1S/C26H27F5N6O5/c1-36(21(39)18(14-8-25(27,28)9-14)34-23(41)26(29,30)31)16(7-13-4-5-13)20(38)37-12-24(10-15(37)11-32)22(40)35-19-17(42-24)3-2-6-33-19/h2-3,6,13-16,18H,4-5,7-10,12H2,1H3,(H,34,41)(H,33,35,40)/t15-,16-,18-,24+/m0/s1. The molecule has 42 heavy (non-hydrogen) atoms.